The molecule has 106 valence electrons. The van der Waals surface area contributed by atoms with Crippen LogP contribution < -0.4 is 5.32 Å². The molecule has 0 aliphatic rings. The maximum absolute atomic E-state index is 12.0. The van der Waals surface area contributed by atoms with Crippen LogP contribution in [-0.4, -0.2) is 32.3 Å². The highest BCUT2D eigenvalue weighted by Gasteiger charge is 2.34. The second-order valence-corrected chi connectivity index (χ2v) is 5.12. The highest BCUT2D eigenvalue weighted by molar-refractivity contribution is 5.96. The molecule has 1 amide bonds. The highest BCUT2D eigenvalue weighted by Crippen LogP contribution is 2.14. The fourth-order valence-electron chi connectivity index (χ4n) is 1.78. The largest absolute Gasteiger partial charge is 0.480 e. The molecule has 0 aromatic carbocycles. The number of hydrogen-bond donors (Lipinski definition) is 2. The van der Waals surface area contributed by atoms with Gasteiger partial charge in [0.15, 0.2) is 0 Å². The van der Waals surface area contributed by atoms with Gasteiger partial charge in [-0.3, -0.25) is 9.48 Å². The number of aliphatic carboxylic acids is 1. The van der Waals surface area contributed by atoms with Gasteiger partial charge in [0.05, 0.1) is 0 Å². The van der Waals surface area contributed by atoms with Crippen LogP contribution in [0.4, 0.5) is 0 Å². The molecule has 0 aliphatic heterocycles. The third kappa shape index (κ3) is 3.56. The van der Waals surface area contributed by atoms with Crippen molar-refractivity contribution >= 4 is 11.9 Å². The first-order chi connectivity index (χ1) is 8.80. The third-order valence-corrected chi connectivity index (χ3v) is 2.98. The van der Waals surface area contributed by atoms with Crippen LogP contribution in [0.25, 0.3) is 0 Å². The molecule has 2 N–H and O–H groups in total. The van der Waals surface area contributed by atoms with Crippen molar-refractivity contribution in [3.63, 3.8) is 0 Å². The molecular weight excluding hydrogens is 246 g/mol. The number of aromatic nitrogens is 2. The van der Waals surface area contributed by atoms with Gasteiger partial charge in [-0.05, 0) is 33.3 Å². The summed E-state index contributed by atoms with van der Waals surface area (Å²) < 4.78 is 1.66. The number of carbonyl (C=O) groups is 2. The van der Waals surface area contributed by atoms with Crippen molar-refractivity contribution in [3.05, 3.63) is 18.0 Å². The third-order valence-electron chi connectivity index (χ3n) is 2.98. The van der Waals surface area contributed by atoms with E-state index in [1.807, 2.05) is 20.8 Å². The monoisotopic (exact) mass is 267 g/mol. The second-order valence-electron chi connectivity index (χ2n) is 5.12. The molecule has 0 saturated heterocycles. The zero-order valence-electron chi connectivity index (χ0n) is 11.8. The molecule has 1 aromatic rings. The zero-order chi connectivity index (χ0) is 14.6. The van der Waals surface area contributed by atoms with Gasteiger partial charge in [0.2, 0.25) is 0 Å². The first-order valence-corrected chi connectivity index (χ1v) is 6.41. The van der Waals surface area contributed by atoms with Crippen LogP contribution in [0.15, 0.2) is 12.3 Å². The van der Waals surface area contributed by atoms with Crippen molar-refractivity contribution < 1.29 is 14.7 Å². The van der Waals surface area contributed by atoms with Crippen LogP contribution in [0.5, 0.6) is 0 Å². The minimum Gasteiger partial charge on any atom is -0.480 e. The van der Waals surface area contributed by atoms with Gasteiger partial charge < -0.3 is 10.4 Å². The summed E-state index contributed by atoms with van der Waals surface area (Å²) in [6.07, 6.45) is 2.75. The summed E-state index contributed by atoms with van der Waals surface area (Å²) in [6, 6.07) is 1.74. The van der Waals surface area contributed by atoms with Crippen LogP contribution in [0, 0.1) is 0 Å². The maximum Gasteiger partial charge on any atom is 0.329 e. The fourth-order valence-corrected chi connectivity index (χ4v) is 1.78. The van der Waals surface area contributed by atoms with Crippen LogP contribution in [-0.2, 0) is 4.79 Å². The Morgan fingerprint density at radius 2 is 2.16 bits per heavy atom. The molecule has 1 rings (SSSR count). The number of rotatable bonds is 6. The number of nitrogens with zero attached hydrogens (tertiary/aromatic N) is 2. The summed E-state index contributed by atoms with van der Waals surface area (Å²) in [5.74, 6) is -1.50. The summed E-state index contributed by atoms with van der Waals surface area (Å²) in [7, 11) is 0. The lowest BCUT2D eigenvalue weighted by Gasteiger charge is -2.25. The minimum absolute atomic E-state index is 0.156. The van der Waals surface area contributed by atoms with Crippen molar-refractivity contribution in [2.45, 2.75) is 52.1 Å². The Balaban J connectivity index is 2.85. The van der Waals surface area contributed by atoms with Gasteiger partial charge in [0, 0.05) is 12.2 Å². The molecular formula is C13H21N3O3. The molecule has 1 atom stereocenters. The molecule has 6 nitrogen and oxygen atoms in total. The van der Waals surface area contributed by atoms with E-state index in [9.17, 15) is 14.7 Å². The smallest absolute Gasteiger partial charge is 0.329 e. The molecule has 1 aromatic heterocycles. The molecule has 0 spiro atoms. The fraction of sp³-hybridized carbons (Fsp3) is 0.615. The molecule has 0 fully saturated rings. The SMILES string of the molecule is CCCC(C)(NC(=O)c1ccn(C(C)C)n1)C(=O)O. The van der Waals surface area contributed by atoms with E-state index < -0.39 is 17.4 Å². The lowest BCUT2D eigenvalue weighted by molar-refractivity contribution is -0.144. The Morgan fingerprint density at radius 3 is 2.58 bits per heavy atom. The van der Waals surface area contributed by atoms with Gasteiger partial charge in [0.25, 0.3) is 5.91 Å². The highest BCUT2D eigenvalue weighted by atomic mass is 16.4. The summed E-state index contributed by atoms with van der Waals surface area (Å²) >= 11 is 0. The molecule has 1 unspecified atom stereocenters. The minimum atomic E-state index is -1.26. The Bertz CT molecular complexity index is 467. The summed E-state index contributed by atoms with van der Waals surface area (Å²) in [6.45, 7) is 7.29. The Morgan fingerprint density at radius 1 is 1.53 bits per heavy atom. The molecule has 1 heterocycles. The zero-order valence-corrected chi connectivity index (χ0v) is 11.8. The van der Waals surface area contributed by atoms with Gasteiger partial charge in [-0.25, -0.2) is 4.79 Å². The summed E-state index contributed by atoms with van der Waals surface area (Å²) in [5, 5.41) is 15.9. The number of carboxylic acids is 1. The number of carboxylic acid groups (broad SMARTS) is 1. The summed E-state index contributed by atoms with van der Waals surface area (Å²) in [4.78, 5) is 23.3. The standard InChI is InChI=1S/C13H21N3O3/c1-5-7-13(4,12(18)19)14-11(17)10-6-8-16(15-10)9(2)3/h6,8-9H,5,7H2,1-4H3,(H,14,17)(H,18,19). The van der Waals surface area contributed by atoms with Gasteiger partial charge in [0.1, 0.15) is 11.2 Å². The van der Waals surface area contributed by atoms with Crippen molar-refractivity contribution in [2.24, 2.45) is 0 Å². The van der Waals surface area contributed by atoms with Gasteiger partial charge >= 0.3 is 5.97 Å². The lowest BCUT2D eigenvalue weighted by atomic mass is 9.96. The summed E-state index contributed by atoms with van der Waals surface area (Å²) in [5.41, 5.74) is -1.02. The number of carbonyl (C=O) groups excluding carboxylic acids is 1. The molecule has 6 heteroatoms. The van der Waals surface area contributed by atoms with Crippen LogP contribution in [0.3, 0.4) is 0 Å². The van der Waals surface area contributed by atoms with E-state index in [2.05, 4.69) is 10.4 Å². The van der Waals surface area contributed by atoms with E-state index in [0.29, 0.717) is 12.8 Å². The van der Waals surface area contributed by atoms with Gasteiger partial charge in [-0.15, -0.1) is 0 Å². The first-order valence-electron chi connectivity index (χ1n) is 6.41. The number of hydrogen-bond acceptors (Lipinski definition) is 3. The van der Waals surface area contributed by atoms with E-state index in [0.717, 1.165) is 0 Å². The molecule has 0 bridgehead atoms. The number of nitrogens with one attached hydrogen (secondary N) is 1. The predicted octanol–water partition coefficient (Wildman–Crippen LogP) is 1.84. The maximum atomic E-state index is 12.0. The van der Waals surface area contributed by atoms with E-state index >= 15 is 0 Å². The molecule has 0 saturated carbocycles. The van der Waals surface area contributed by atoms with Gasteiger partial charge in [-0.1, -0.05) is 13.3 Å². The van der Waals surface area contributed by atoms with E-state index in [1.165, 1.54) is 6.92 Å². The predicted molar refractivity (Wildman–Crippen MR) is 71.0 cm³/mol. The van der Waals surface area contributed by atoms with Crippen molar-refractivity contribution in [1.29, 1.82) is 0 Å². The Labute approximate surface area is 112 Å². The van der Waals surface area contributed by atoms with E-state index in [-0.39, 0.29) is 11.7 Å². The molecule has 0 aliphatic carbocycles. The van der Waals surface area contributed by atoms with Crippen molar-refractivity contribution in [3.8, 4) is 0 Å². The van der Waals surface area contributed by atoms with Crippen LogP contribution in [0.2, 0.25) is 0 Å². The quantitative estimate of drug-likeness (QED) is 0.823. The van der Waals surface area contributed by atoms with E-state index in [4.69, 9.17) is 0 Å². The van der Waals surface area contributed by atoms with Gasteiger partial charge in [-0.2, -0.15) is 5.10 Å². The average Bonchev–Trinajstić information content (AvgIpc) is 2.78. The number of amides is 1. The van der Waals surface area contributed by atoms with Crippen LogP contribution >= 0.6 is 0 Å². The normalized spacial score (nSPS) is 14.2. The lowest BCUT2D eigenvalue weighted by Crippen LogP contribution is -2.52. The van der Waals surface area contributed by atoms with E-state index in [1.54, 1.807) is 16.9 Å². The van der Waals surface area contributed by atoms with Crippen molar-refractivity contribution in [1.82, 2.24) is 15.1 Å². The Hall–Kier alpha value is -1.85. The average molecular weight is 267 g/mol. The first kappa shape index (κ1) is 15.2. The second kappa shape index (κ2) is 5.86. The topological polar surface area (TPSA) is 84.2 Å². The molecule has 19 heavy (non-hydrogen) atoms. The van der Waals surface area contributed by atoms with Crippen LogP contribution in [0.1, 0.15) is 57.1 Å². The Kier molecular flexibility index (Phi) is 4.69. The van der Waals surface area contributed by atoms with Crippen molar-refractivity contribution in [2.75, 3.05) is 0 Å². The molecule has 0 radical (unpaired) electrons.